The van der Waals surface area contributed by atoms with E-state index in [0.29, 0.717) is 12.1 Å². The summed E-state index contributed by atoms with van der Waals surface area (Å²) in [6.07, 6.45) is -11.2. The molecule has 172 valence electrons. The van der Waals surface area contributed by atoms with Crippen LogP contribution in [0.4, 0.5) is 26.3 Å². The lowest BCUT2D eigenvalue weighted by Gasteiger charge is -2.20. The quantitative estimate of drug-likeness (QED) is 0.552. The van der Waals surface area contributed by atoms with Crippen molar-refractivity contribution in [1.82, 2.24) is 0 Å². The van der Waals surface area contributed by atoms with Crippen LogP contribution < -0.4 is 10.4 Å². The Bertz CT molecular complexity index is 1670. The zero-order chi connectivity index (χ0) is 27.4. The summed E-state index contributed by atoms with van der Waals surface area (Å²) in [5.74, 6) is 0. The molecule has 2 aromatic carbocycles. The normalized spacial score (nSPS) is 10.3. The molecular weight excluding hydrogens is 488 g/mol. The van der Waals surface area contributed by atoms with Gasteiger partial charge in [0, 0.05) is 10.8 Å². The topological polar surface area (TPSA) is 167 Å². The molecule has 0 atom stereocenters. The van der Waals surface area contributed by atoms with Crippen molar-refractivity contribution >= 4 is 11.1 Å². The van der Waals surface area contributed by atoms with Gasteiger partial charge >= 0.3 is 12.4 Å². The van der Waals surface area contributed by atoms with E-state index in [1.54, 1.807) is 0 Å². The maximum atomic E-state index is 14.0. The fraction of sp³-hybridized carbons (Fsp3) is 0.0870. The summed E-state index contributed by atoms with van der Waals surface area (Å²) in [7, 11) is 0. The van der Waals surface area contributed by atoms with Gasteiger partial charge in [0.05, 0.1) is 51.1 Å². The maximum absolute atomic E-state index is 14.0. The molecule has 0 saturated heterocycles. The van der Waals surface area contributed by atoms with E-state index in [0.717, 1.165) is 12.1 Å². The first-order valence-electron chi connectivity index (χ1n) is 8.93. The molecule has 36 heavy (non-hydrogen) atoms. The summed E-state index contributed by atoms with van der Waals surface area (Å²) in [4.78, 5) is 0. The minimum Gasteiger partial charge on any atom is -0.192 e. The molecule has 2 aromatic rings. The molecule has 0 bridgehead atoms. The predicted molar refractivity (Wildman–Crippen MR) is 104 cm³/mol. The van der Waals surface area contributed by atoms with Crippen LogP contribution >= 0.6 is 0 Å². The lowest BCUT2D eigenvalue weighted by Crippen LogP contribution is -2.24. The molecule has 0 heterocycles. The molecule has 0 unspecified atom stereocenters. The maximum Gasteiger partial charge on any atom is 0.418 e. The molecule has 0 saturated carbocycles. The number of halogens is 6. The van der Waals surface area contributed by atoms with Crippen LogP contribution in [0.25, 0.3) is 11.1 Å². The van der Waals surface area contributed by atoms with Gasteiger partial charge < -0.3 is 0 Å². The molecule has 0 amide bonds. The van der Waals surface area contributed by atoms with Crippen LogP contribution in [0, 0.1) is 79.3 Å². The Hall–Kier alpha value is -5.81. The van der Waals surface area contributed by atoms with E-state index in [9.17, 15) is 47.4 Å². The Morgan fingerprint density at radius 2 is 1.11 bits per heavy atom. The van der Waals surface area contributed by atoms with E-state index in [1.807, 2.05) is 0 Å². The molecule has 0 radical (unpaired) electrons. The molecule has 7 nitrogen and oxygen atoms in total. The third-order valence-corrected chi connectivity index (χ3v) is 4.65. The number of rotatable bonds is 1. The van der Waals surface area contributed by atoms with Gasteiger partial charge in [-0.2, -0.15) is 63.2 Å². The number of hydrogen-bond acceptors (Lipinski definition) is 7. The highest BCUT2D eigenvalue weighted by atomic mass is 19.4. The van der Waals surface area contributed by atoms with E-state index < -0.39 is 72.9 Å². The van der Waals surface area contributed by atoms with Gasteiger partial charge in [0.15, 0.2) is 0 Å². The molecule has 0 fully saturated rings. The highest BCUT2D eigenvalue weighted by molar-refractivity contribution is 5.84. The Balaban J connectivity index is 3.48. The van der Waals surface area contributed by atoms with Crippen molar-refractivity contribution in [2.75, 3.05) is 0 Å². The van der Waals surface area contributed by atoms with Crippen molar-refractivity contribution in [2.24, 2.45) is 0 Å². The van der Waals surface area contributed by atoms with Crippen LogP contribution in [0.2, 0.25) is 0 Å². The first kappa shape index (κ1) is 26.4. The fourth-order valence-corrected chi connectivity index (χ4v) is 3.29. The minimum absolute atomic E-state index is 0.0114. The molecule has 0 aliphatic carbocycles. The average molecular weight is 491 g/mol. The summed E-state index contributed by atoms with van der Waals surface area (Å²) >= 11 is 0. The average Bonchev–Trinajstić information content (AvgIpc) is 2.83. The monoisotopic (exact) mass is 491 g/mol. The third kappa shape index (κ3) is 4.48. The Labute approximate surface area is 197 Å². The predicted octanol–water partition coefficient (Wildman–Crippen LogP) is 3.13. The van der Waals surface area contributed by atoms with Crippen LogP contribution in [0.15, 0.2) is 18.2 Å². The number of hydrogen-bond donors (Lipinski definition) is 0. The van der Waals surface area contributed by atoms with Crippen LogP contribution in [0.5, 0.6) is 0 Å². The van der Waals surface area contributed by atoms with E-state index >= 15 is 0 Å². The van der Waals surface area contributed by atoms with E-state index in [4.69, 9.17) is 15.8 Å². The second kappa shape index (κ2) is 9.59. The Morgan fingerprint density at radius 1 is 0.611 bits per heavy atom. The van der Waals surface area contributed by atoms with E-state index in [-0.39, 0.29) is 6.07 Å². The smallest absolute Gasteiger partial charge is 0.192 e. The van der Waals surface area contributed by atoms with Crippen LogP contribution in [-0.2, 0) is 12.4 Å². The number of nitriles is 7. The fourth-order valence-electron chi connectivity index (χ4n) is 3.29. The van der Waals surface area contributed by atoms with Crippen molar-refractivity contribution in [3.05, 3.63) is 67.6 Å². The summed E-state index contributed by atoms with van der Waals surface area (Å²) < 4.78 is 83.7. The zero-order valence-corrected chi connectivity index (χ0v) is 17.1. The zero-order valence-electron chi connectivity index (χ0n) is 17.1. The van der Waals surface area contributed by atoms with Crippen molar-refractivity contribution in [2.45, 2.75) is 12.4 Å². The van der Waals surface area contributed by atoms with Gasteiger partial charge in [-0.3, -0.25) is 0 Å². The second-order valence-corrected chi connectivity index (χ2v) is 6.57. The Morgan fingerprint density at radius 3 is 1.44 bits per heavy atom. The number of nitrogens with zero attached hydrogens (tertiary/aromatic N) is 7. The molecule has 0 aliphatic rings. The van der Waals surface area contributed by atoms with Gasteiger partial charge in [-0.15, -0.1) is 0 Å². The largest absolute Gasteiger partial charge is 0.418 e. The molecule has 0 N–H and O–H groups in total. The van der Waals surface area contributed by atoms with Crippen LogP contribution in [0.1, 0.15) is 38.9 Å². The van der Waals surface area contributed by atoms with Crippen molar-refractivity contribution in [3.63, 3.8) is 0 Å². The first-order valence-corrected chi connectivity index (χ1v) is 8.93. The van der Waals surface area contributed by atoms with Crippen LogP contribution in [-0.4, -0.2) is 0 Å². The van der Waals surface area contributed by atoms with Gasteiger partial charge in [0.25, 0.3) is 0 Å². The molecular formula is C23H3F6N7. The number of benzene rings is 2. The molecule has 0 aliphatic heterocycles. The Kier molecular flexibility index (Phi) is 7.04. The van der Waals surface area contributed by atoms with Gasteiger partial charge in [-0.1, -0.05) is 0 Å². The van der Waals surface area contributed by atoms with Crippen molar-refractivity contribution in [3.8, 4) is 42.5 Å². The highest BCUT2D eigenvalue weighted by Gasteiger charge is 2.45. The first-order chi connectivity index (χ1) is 16.8. The second-order valence-electron chi connectivity index (χ2n) is 6.57. The molecule has 2 rings (SSSR count). The van der Waals surface area contributed by atoms with E-state index in [1.165, 1.54) is 30.3 Å². The minimum atomic E-state index is -5.66. The summed E-state index contributed by atoms with van der Waals surface area (Å²) in [5, 5.41) is 63.7. The van der Waals surface area contributed by atoms with Gasteiger partial charge in [0.1, 0.15) is 35.9 Å². The third-order valence-electron chi connectivity index (χ3n) is 4.65. The van der Waals surface area contributed by atoms with Crippen molar-refractivity contribution in [1.29, 1.82) is 36.8 Å². The summed E-state index contributed by atoms with van der Waals surface area (Å²) in [5.41, 5.74) is -12.2. The standard InChI is InChI=1S/C23H3F6N7/c24-22(25,26)18-3-12(4-30)17(10-36)21(23(27,28)29)20(18)16(9-35)11-1-13(5-31)19(14(2-11)6-32)15(7-33)8-34/h1-3H. The summed E-state index contributed by atoms with van der Waals surface area (Å²) in [6.45, 7) is 0. The molecule has 0 spiro atoms. The van der Waals surface area contributed by atoms with Gasteiger partial charge in [-0.25, -0.2) is 0 Å². The van der Waals surface area contributed by atoms with Gasteiger partial charge in [0.2, 0.25) is 0 Å². The van der Waals surface area contributed by atoms with Crippen LogP contribution in [0.3, 0.4) is 0 Å². The molecule has 13 heteroatoms. The lowest BCUT2D eigenvalue weighted by molar-refractivity contribution is -0.143. The molecule has 0 aromatic heterocycles. The SMILES string of the molecule is N#CC(c1c(C(F)(F)F)cc(C#N)c(C#N)c1C(F)(F)F)=c1cc(C#N)c(=C(C#N)C#N)c(C#N)c1. The number of alkyl halides is 6. The highest BCUT2D eigenvalue weighted by Crippen LogP contribution is 2.44. The van der Waals surface area contributed by atoms with Gasteiger partial charge in [-0.05, 0) is 23.4 Å². The van der Waals surface area contributed by atoms with Crippen molar-refractivity contribution < 1.29 is 26.3 Å². The van der Waals surface area contributed by atoms with E-state index in [2.05, 4.69) is 0 Å². The summed E-state index contributed by atoms with van der Waals surface area (Å²) in [6, 6.07) is 10.4. The lowest BCUT2D eigenvalue weighted by atomic mass is 9.86.